The summed E-state index contributed by atoms with van der Waals surface area (Å²) in [4.78, 5) is 2.41. The normalized spacial score (nSPS) is 23.3. The van der Waals surface area contributed by atoms with Gasteiger partial charge in [-0.25, -0.2) is 0 Å². The van der Waals surface area contributed by atoms with Crippen LogP contribution in [0.15, 0.2) is 72.8 Å². The van der Waals surface area contributed by atoms with E-state index in [0.29, 0.717) is 6.54 Å². The fourth-order valence-corrected chi connectivity index (χ4v) is 4.85. The molecule has 0 aromatic heterocycles. The zero-order valence-corrected chi connectivity index (χ0v) is 20.0. The van der Waals surface area contributed by atoms with Gasteiger partial charge in [0.05, 0.1) is 32.0 Å². The summed E-state index contributed by atoms with van der Waals surface area (Å²) in [5.74, 6) is 0. The molecule has 3 aromatic rings. The Morgan fingerprint density at radius 1 is 0.829 bits per heavy atom. The van der Waals surface area contributed by atoms with E-state index in [0.717, 1.165) is 72.6 Å². The molecule has 0 bridgehead atoms. The Morgan fingerprint density at radius 2 is 1.57 bits per heavy atom. The first-order valence-corrected chi connectivity index (χ1v) is 12.4. The number of aliphatic hydroxyl groups excluding tert-OH is 1. The summed E-state index contributed by atoms with van der Waals surface area (Å²) in [6, 6.07) is 24.8. The third kappa shape index (κ3) is 5.98. The Hall–Kier alpha value is -2.58. The molecule has 3 aromatic carbocycles. The molecule has 2 aliphatic rings. The number of aliphatic hydroxyl groups is 1. The fraction of sp³-hybridized carbons (Fsp3) is 0.379. The minimum atomic E-state index is -0.463. The molecule has 184 valence electrons. The van der Waals surface area contributed by atoms with E-state index in [4.69, 9.17) is 19.9 Å². The van der Waals surface area contributed by atoms with Crippen LogP contribution in [0.4, 0.5) is 0 Å². The van der Waals surface area contributed by atoms with Crippen LogP contribution in [0.25, 0.3) is 11.1 Å². The van der Waals surface area contributed by atoms with Gasteiger partial charge in [0.25, 0.3) is 0 Å². The van der Waals surface area contributed by atoms with Gasteiger partial charge >= 0.3 is 0 Å². The van der Waals surface area contributed by atoms with Crippen LogP contribution < -0.4 is 5.73 Å². The number of hydrogen-bond donors (Lipinski definition) is 2. The number of ether oxygens (including phenoxy) is 3. The zero-order valence-electron chi connectivity index (χ0n) is 20.0. The average Bonchev–Trinajstić information content (AvgIpc) is 2.93. The van der Waals surface area contributed by atoms with E-state index in [1.165, 1.54) is 0 Å². The van der Waals surface area contributed by atoms with Crippen molar-refractivity contribution in [3.8, 4) is 11.1 Å². The molecule has 2 saturated heterocycles. The molecule has 2 fully saturated rings. The summed E-state index contributed by atoms with van der Waals surface area (Å²) in [6.07, 6.45) is 0.273. The smallest absolute Gasteiger partial charge is 0.184 e. The van der Waals surface area contributed by atoms with E-state index in [2.05, 4.69) is 53.4 Å². The molecular weight excluding hydrogens is 440 g/mol. The van der Waals surface area contributed by atoms with Crippen molar-refractivity contribution in [3.63, 3.8) is 0 Å². The first kappa shape index (κ1) is 24.1. The number of benzene rings is 3. The Kier molecular flexibility index (Phi) is 7.88. The van der Waals surface area contributed by atoms with Crippen LogP contribution in [0.3, 0.4) is 0 Å². The summed E-state index contributed by atoms with van der Waals surface area (Å²) in [5.41, 5.74) is 12.2. The summed E-state index contributed by atoms with van der Waals surface area (Å²) in [7, 11) is 0. The predicted molar refractivity (Wildman–Crippen MR) is 135 cm³/mol. The van der Waals surface area contributed by atoms with Crippen molar-refractivity contribution in [1.82, 2.24) is 4.90 Å². The Balaban J connectivity index is 1.40. The van der Waals surface area contributed by atoms with Gasteiger partial charge in [0.15, 0.2) is 6.29 Å². The molecule has 6 nitrogen and oxygen atoms in total. The summed E-state index contributed by atoms with van der Waals surface area (Å²) >= 11 is 0. The minimum absolute atomic E-state index is 0.0370. The Morgan fingerprint density at radius 3 is 2.31 bits per heavy atom. The van der Waals surface area contributed by atoms with Crippen molar-refractivity contribution in [2.75, 3.05) is 32.8 Å². The molecule has 0 spiro atoms. The highest BCUT2D eigenvalue weighted by molar-refractivity contribution is 5.65. The second-order valence-electron chi connectivity index (χ2n) is 9.29. The second kappa shape index (κ2) is 11.4. The minimum Gasteiger partial charge on any atom is -0.392 e. The van der Waals surface area contributed by atoms with Crippen molar-refractivity contribution in [1.29, 1.82) is 0 Å². The molecule has 0 saturated carbocycles. The van der Waals surface area contributed by atoms with Gasteiger partial charge < -0.3 is 25.1 Å². The van der Waals surface area contributed by atoms with Crippen molar-refractivity contribution in [2.24, 2.45) is 5.73 Å². The molecule has 3 atom stereocenters. The van der Waals surface area contributed by atoms with E-state index >= 15 is 0 Å². The maximum Gasteiger partial charge on any atom is 0.184 e. The van der Waals surface area contributed by atoms with Crippen LogP contribution in [0.2, 0.25) is 0 Å². The van der Waals surface area contributed by atoms with Gasteiger partial charge in [0.1, 0.15) is 0 Å². The number of nitrogens with zero attached hydrogens (tertiary/aromatic N) is 1. The molecule has 0 radical (unpaired) electrons. The van der Waals surface area contributed by atoms with Crippen molar-refractivity contribution >= 4 is 0 Å². The lowest BCUT2D eigenvalue weighted by molar-refractivity contribution is -0.253. The molecule has 5 rings (SSSR count). The Bertz CT molecular complexity index is 1100. The van der Waals surface area contributed by atoms with E-state index in [-0.39, 0.29) is 18.8 Å². The van der Waals surface area contributed by atoms with Crippen LogP contribution in [-0.4, -0.2) is 49.0 Å². The summed E-state index contributed by atoms with van der Waals surface area (Å²) in [6.45, 7) is 4.79. The predicted octanol–water partition coefficient (Wildman–Crippen LogP) is 4.18. The lowest BCUT2D eigenvalue weighted by atomic mass is 9.98. The zero-order chi connectivity index (χ0) is 24.0. The molecule has 0 amide bonds. The molecule has 6 heteroatoms. The van der Waals surface area contributed by atoms with Crippen LogP contribution >= 0.6 is 0 Å². The van der Waals surface area contributed by atoms with Gasteiger partial charge in [-0.2, -0.15) is 0 Å². The van der Waals surface area contributed by atoms with E-state index < -0.39 is 6.29 Å². The molecule has 3 N–H and O–H groups in total. The largest absolute Gasteiger partial charge is 0.392 e. The Labute approximate surface area is 207 Å². The van der Waals surface area contributed by atoms with Crippen LogP contribution in [0.1, 0.15) is 41.1 Å². The highest BCUT2D eigenvalue weighted by Gasteiger charge is 2.33. The highest BCUT2D eigenvalue weighted by atomic mass is 16.7. The lowest BCUT2D eigenvalue weighted by Crippen LogP contribution is -2.44. The third-order valence-electron chi connectivity index (χ3n) is 6.84. The number of morpholine rings is 1. The van der Waals surface area contributed by atoms with Gasteiger partial charge in [-0.15, -0.1) is 0 Å². The van der Waals surface area contributed by atoms with Gasteiger partial charge in [0.2, 0.25) is 0 Å². The monoisotopic (exact) mass is 474 g/mol. The van der Waals surface area contributed by atoms with Crippen molar-refractivity contribution < 1.29 is 19.3 Å². The van der Waals surface area contributed by atoms with Crippen LogP contribution in [0.5, 0.6) is 0 Å². The standard InChI is InChI=1S/C29H34N2O4/c30-18-22-3-1-4-24(15-22)25-5-2-6-26(16-25)29-34-27(19-31-11-13-33-14-12-31)17-28(35-29)23-9-7-21(20-32)8-10-23/h1-10,15-16,27-29,32H,11-14,17-20,30H2/t27-,28+,29+/m0/s1. The fourth-order valence-electron chi connectivity index (χ4n) is 4.85. The number of rotatable bonds is 7. The molecule has 2 aliphatic heterocycles. The first-order valence-electron chi connectivity index (χ1n) is 12.4. The van der Waals surface area contributed by atoms with Crippen LogP contribution in [-0.2, 0) is 27.4 Å². The maximum atomic E-state index is 9.43. The SMILES string of the molecule is NCc1cccc(-c2cccc([C@@H]3O[C@H](CN4CCOCC4)C[C@H](c4ccc(CO)cc4)O3)c2)c1. The first-order chi connectivity index (χ1) is 17.2. The molecule has 0 aliphatic carbocycles. The second-order valence-corrected chi connectivity index (χ2v) is 9.29. The van der Waals surface area contributed by atoms with Crippen molar-refractivity contribution in [3.05, 3.63) is 95.1 Å². The average molecular weight is 475 g/mol. The van der Waals surface area contributed by atoms with Crippen LogP contribution in [0, 0.1) is 0 Å². The van der Waals surface area contributed by atoms with E-state index in [1.54, 1.807) is 0 Å². The topological polar surface area (TPSA) is 77.2 Å². The quantitative estimate of drug-likeness (QED) is 0.535. The number of nitrogens with two attached hydrogens (primary N) is 1. The molecule has 35 heavy (non-hydrogen) atoms. The van der Waals surface area contributed by atoms with Crippen molar-refractivity contribution in [2.45, 2.75) is 38.1 Å². The molecule has 2 heterocycles. The highest BCUT2D eigenvalue weighted by Crippen LogP contribution is 2.39. The van der Waals surface area contributed by atoms with Gasteiger partial charge in [0, 0.05) is 38.2 Å². The third-order valence-corrected chi connectivity index (χ3v) is 6.84. The molecule has 0 unspecified atom stereocenters. The summed E-state index contributed by atoms with van der Waals surface area (Å²) in [5, 5.41) is 9.43. The van der Waals surface area contributed by atoms with Gasteiger partial charge in [-0.3, -0.25) is 4.90 Å². The number of hydrogen-bond acceptors (Lipinski definition) is 6. The van der Waals surface area contributed by atoms with Gasteiger partial charge in [-0.05, 0) is 39.9 Å². The van der Waals surface area contributed by atoms with Gasteiger partial charge in [-0.1, -0.05) is 60.7 Å². The lowest BCUT2D eigenvalue weighted by Gasteiger charge is -2.39. The van der Waals surface area contributed by atoms with E-state index in [1.807, 2.05) is 24.3 Å². The van der Waals surface area contributed by atoms with E-state index in [9.17, 15) is 5.11 Å². The maximum absolute atomic E-state index is 9.43. The molecular formula is C29H34N2O4. The summed E-state index contributed by atoms with van der Waals surface area (Å²) < 4.78 is 18.6.